The molecule has 0 aromatic heterocycles. The second-order valence-electron chi connectivity index (χ2n) is 14.3. The van der Waals surface area contributed by atoms with E-state index in [4.69, 9.17) is 27.2 Å². The lowest BCUT2D eigenvalue weighted by molar-refractivity contribution is -0.142. The molecular formula is C37H49ClN6O6. The molecule has 4 aliphatic heterocycles. The summed E-state index contributed by atoms with van der Waals surface area (Å²) in [6.45, 7) is 6.14. The van der Waals surface area contributed by atoms with Gasteiger partial charge in [0.15, 0.2) is 6.10 Å². The van der Waals surface area contributed by atoms with Crippen molar-refractivity contribution < 1.29 is 29.0 Å². The van der Waals surface area contributed by atoms with E-state index in [0.717, 1.165) is 67.6 Å². The van der Waals surface area contributed by atoms with Crippen LogP contribution < -0.4 is 11.1 Å². The van der Waals surface area contributed by atoms with Gasteiger partial charge in [0, 0.05) is 50.9 Å². The number of carboxylic acid groups (broad SMARTS) is 1. The van der Waals surface area contributed by atoms with Crippen molar-refractivity contribution in [3.05, 3.63) is 58.1 Å². The lowest BCUT2D eigenvalue weighted by Gasteiger charge is -2.41. The number of nitrogens with one attached hydrogen (secondary N) is 1. The van der Waals surface area contributed by atoms with Crippen LogP contribution in [0.1, 0.15) is 55.2 Å². The highest BCUT2D eigenvalue weighted by Crippen LogP contribution is 2.33. The van der Waals surface area contributed by atoms with Crippen LogP contribution in [-0.4, -0.2) is 113 Å². The Kier molecular flexibility index (Phi) is 11.4. The summed E-state index contributed by atoms with van der Waals surface area (Å²) >= 11 is 6.41. The van der Waals surface area contributed by atoms with E-state index in [-0.39, 0.29) is 30.9 Å². The summed E-state index contributed by atoms with van der Waals surface area (Å²) in [6.07, 6.45) is 4.29. The number of benzene rings is 2. The number of urea groups is 1. The Bertz CT molecular complexity index is 1540. The molecule has 0 radical (unpaired) electrons. The first-order valence-corrected chi connectivity index (χ1v) is 18.3. The molecule has 2 aromatic rings. The minimum atomic E-state index is -1.02. The molecule has 0 aliphatic carbocycles. The SMILES string of the molecule is Cc1cc(C[C@@H](OC(=O)N2CCC(N3CCc4ccccc4NC3=O)CC2)C(=O)N2CCC(C3CCN(CC(=O)O)CC3)CC2)cc(Cl)c1N. The number of piperidine rings is 3. The smallest absolute Gasteiger partial charge is 0.410 e. The van der Waals surface area contributed by atoms with Crippen LogP contribution in [0, 0.1) is 18.8 Å². The molecular weight excluding hydrogens is 660 g/mol. The molecule has 0 spiro atoms. The van der Waals surface area contributed by atoms with Gasteiger partial charge in [0.05, 0.1) is 17.3 Å². The molecule has 270 valence electrons. The average Bonchev–Trinajstić information content (AvgIpc) is 3.28. The number of carbonyl (C=O) groups is 4. The Morgan fingerprint density at radius 3 is 2.24 bits per heavy atom. The van der Waals surface area contributed by atoms with Crippen molar-refractivity contribution >= 4 is 47.0 Å². The quantitative estimate of drug-likeness (QED) is 0.329. The van der Waals surface area contributed by atoms with Gasteiger partial charge < -0.3 is 35.6 Å². The Labute approximate surface area is 298 Å². The highest BCUT2D eigenvalue weighted by molar-refractivity contribution is 6.33. The molecule has 6 rings (SSSR count). The largest absolute Gasteiger partial charge is 0.480 e. The maximum Gasteiger partial charge on any atom is 0.410 e. The van der Waals surface area contributed by atoms with Gasteiger partial charge in [0.25, 0.3) is 5.91 Å². The minimum Gasteiger partial charge on any atom is -0.480 e. The number of hydrogen-bond donors (Lipinski definition) is 3. The van der Waals surface area contributed by atoms with Crippen LogP contribution in [0.25, 0.3) is 0 Å². The van der Waals surface area contributed by atoms with Crippen LogP contribution in [0.2, 0.25) is 5.02 Å². The molecule has 4 aliphatic rings. The number of aryl methyl sites for hydroxylation is 1. The van der Waals surface area contributed by atoms with Crippen molar-refractivity contribution in [2.75, 3.05) is 63.4 Å². The van der Waals surface area contributed by atoms with Gasteiger partial charge >= 0.3 is 18.1 Å². The fourth-order valence-corrected chi connectivity index (χ4v) is 8.49. The van der Waals surface area contributed by atoms with E-state index < -0.39 is 18.2 Å². The van der Waals surface area contributed by atoms with Crippen LogP contribution in [-0.2, 0) is 27.2 Å². The first-order valence-electron chi connectivity index (χ1n) is 17.9. The molecule has 3 fully saturated rings. The highest BCUT2D eigenvalue weighted by atomic mass is 35.5. The summed E-state index contributed by atoms with van der Waals surface area (Å²) in [5.41, 5.74) is 10.1. The lowest BCUT2D eigenvalue weighted by Crippen LogP contribution is -2.52. The van der Waals surface area contributed by atoms with Crippen molar-refractivity contribution in [2.45, 2.75) is 70.4 Å². The van der Waals surface area contributed by atoms with Crippen molar-refractivity contribution in [3.63, 3.8) is 0 Å². The first kappa shape index (κ1) is 35.8. The van der Waals surface area contributed by atoms with Crippen molar-refractivity contribution in [1.82, 2.24) is 19.6 Å². The van der Waals surface area contributed by atoms with Gasteiger partial charge in [-0.15, -0.1) is 0 Å². The number of carbonyl (C=O) groups excluding carboxylic acids is 3. The maximum absolute atomic E-state index is 14.1. The van der Waals surface area contributed by atoms with E-state index >= 15 is 0 Å². The second-order valence-corrected chi connectivity index (χ2v) is 14.7. The average molecular weight is 709 g/mol. The molecule has 12 nitrogen and oxygen atoms in total. The standard InChI is InChI=1S/C37H49ClN6O6/c1-24-20-25(21-30(38)34(24)39)22-32(35(47)42-15-8-27(9-16-42)26-6-13-41(14-7-26)23-33(45)46)50-37(49)43-17-11-29(12-18-43)44-19-10-28-4-2-3-5-31(28)40-36(44)48/h2-5,20-21,26-27,29,32H,6-19,22-23,39H2,1H3,(H,40,48)(H,45,46)/t32-/m1/s1. The maximum atomic E-state index is 14.1. The fraction of sp³-hybridized carbons (Fsp3) is 0.568. The van der Waals surface area contributed by atoms with E-state index in [1.165, 1.54) is 0 Å². The van der Waals surface area contributed by atoms with Crippen LogP contribution >= 0.6 is 11.6 Å². The number of halogens is 1. The third-order valence-electron chi connectivity index (χ3n) is 11.2. The number of nitrogen functional groups attached to an aromatic ring is 1. The van der Waals surface area contributed by atoms with Crippen molar-refractivity contribution in [1.29, 1.82) is 0 Å². The molecule has 0 saturated carbocycles. The predicted octanol–water partition coefficient (Wildman–Crippen LogP) is 4.87. The molecule has 0 unspecified atom stereocenters. The number of aliphatic carboxylic acids is 1. The van der Waals surface area contributed by atoms with Crippen LogP contribution in [0.5, 0.6) is 0 Å². The number of para-hydroxylation sites is 1. The molecule has 3 saturated heterocycles. The normalized spacial score (nSPS) is 20.5. The van der Waals surface area contributed by atoms with Crippen molar-refractivity contribution in [3.8, 4) is 0 Å². The Balaban J connectivity index is 1.06. The molecule has 4 heterocycles. The van der Waals surface area contributed by atoms with E-state index in [2.05, 4.69) is 5.32 Å². The lowest BCUT2D eigenvalue weighted by atomic mass is 9.78. The van der Waals surface area contributed by atoms with Crippen LogP contribution in [0.3, 0.4) is 0 Å². The summed E-state index contributed by atoms with van der Waals surface area (Å²) in [5, 5.41) is 12.6. The molecule has 1 atom stereocenters. The summed E-state index contributed by atoms with van der Waals surface area (Å²) in [5.74, 6) is -0.00827. The van der Waals surface area contributed by atoms with Gasteiger partial charge in [-0.25, -0.2) is 9.59 Å². The number of anilines is 2. The van der Waals surface area contributed by atoms with E-state index in [1.807, 2.05) is 52.0 Å². The molecule has 4 N–H and O–H groups in total. The van der Waals surface area contributed by atoms with Crippen LogP contribution in [0.4, 0.5) is 21.0 Å². The van der Waals surface area contributed by atoms with Gasteiger partial charge in [-0.05, 0) is 106 Å². The Morgan fingerprint density at radius 1 is 0.940 bits per heavy atom. The number of hydrogen-bond acceptors (Lipinski definition) is 7. The summed E-state index contributed by atoms with van der Waals surface area (Å²) < 4.78 is 6.04. The van der Waals surface area contributed by atoms with Gasteiger partial charge in [-0.3, -0.25) is 14.5 Å². The first-order chi connectivity index (χ1) is 24.0. The number of rotatable bonds is 8. The number of carboxylic acids is 1. The molecule has 4 amide bonds. The second kappa shape index (κ2) is 15.9. The van der Waals surface area contributed by atoms with Gasteiger partial charge in [0.1, 0.15) is 0 Å². The molecule has 13 heteroatoms. The number of likely N-dealkylation sites (tertiary alicyclic amines) is 3. The zero-order valence-electron chi connectivity index (χ0n) is 28.8. The number of ether oxygens (including phenoxy) is 1. The zero-order valence-corrected chi connectivity index (χ0v) is 29.6. The van der Waals surface area contributed by atoms with Gasteiger partial charge in [0.2, 0.25) is 0 Å². The zero-order chi connectivity index (χ0) is 35.4. The number of nitrogens with zero attached hydrogens (tertiary/aromatic N) is 4. The third kappa shape index (κ3) is 8.46. The molecule has 2 aromatic carbocycles. The van der Waals surface area contributed by atoms with Gasteiger partial charge in [-0.2, -0.15) is 0 Å². The Morgan fingerprint density at radius 2 is 1.58 bits per heavy atom. The Hall–Kier alpha value is -4.03. The monoisotopic (exact) mass is 708 g/mol. The number of fused-ring (bicyclic) bond motifs is 1. The van der Waals surface area contributed by atoms with Crippen LogP contribution in [0.15, 0.2) is 36.4 Å². The number of amides is 4. The topological polar surface area (TPSA) is 149 Å². The summed E-state index contributed by atoms with van der Waals surface area (Å²) in [6, 6.07) is 11.3. The van der Waals surface area contributed by atoms with E-state index in [9.17, 15) is 19.2 Å². The molecule has 50 heavy (non-hydrogen) atoms. The summed E-state index contributed by atoms with van der Waals surface area (Å²) in [4.78, 5) is 59.2. The summed E-state index contributed by atoms with van der Waals surface area (Å²) in [7, 11) is 0. The van der Waals surface area contributed by atoms with Gasteiger partial charge in [-0.1, -0.05) is 35.9 Å². The number of nitrogens with two attached hydrogens (primary N) is 1. The predicted molar refractivity (Wildman–Crippen MR) is 191 cm³/mol. The fourth-order valence-electron chi connectivity index (χ4n) is 8.20. The van der Waals surface area contributed by atoms with E-state index in [0.29, 0.717) is 68.1 Å². The minimum absolute atomic E-state index is 0.00334. The molecule has 0 bridgehead atoms. The highest BCUT2D eigenvalue weighted by Gasteiger charge is 2.37. The third-order valence-corrected chi connectivity index (χ3v) is 11.5. The van der Waals surface area contributed by atoms with E-state index in [1.54, 1.807) is 11.0 Å². The van der Waals surface area contributed by atoms with Crippen molar-refractivity contribution in [2.24, 2.45) is 11.8 Å².